The van der Waals surface area contributed by atoms with Crippen LogP contribution in [-0.4, -0.2) is 32.4 Å². The van der Waals surface area contributed by atoms with Crippen LogP contribution in [-0.2, 0) is 24.4 Å². The SMILES string of the molecule is CCCn1c(=O)n(CCC#N)c(=O)c2c1nc(C)n2CCOC. The quantitative estimate of drug-likeness (QED) is 0.746. The lowest BCUT2D eigenvalue weighted by molar-refractivity contribution is 0.187. The number of hydrogen-bond donors (Lipinski definition) is 0. The van der Waals surface area contributed by atoms with Gasteiger partial charge in [-0.1, -0.05) is 6.92 Å². The van der Waals surface area contributed by atoms with Gasteiger partial charge in [-0.05, 0) is 13.3 Å². The lowest BCUT2D eigenvalue weighted by Crippen LogP contribution is -2.40. The predicted octanol–water partition coefficient (Wildman–Crippen LogP) is 0.638. The molecule has 8 heteroatoms. The van der Waals surface area contributed by atoms with Gasteiger partial charge >= 0.3 is 5.69 Å². The Labute approximate surface area is 133 Å². The van der Waals surface area contributed by atoms with Crippen LogP contribution in [0.15, 0.2) is 9.59 Å². The maximum atomic E-state index is 12.7. The summed E-state index contributed by atoms with van der Waals surface area (Å²) in [6, 6.07) is 1.97. The number of aryl methyl sites for hydroxylation is 2. The number of aromatic nitrogens is 4. The summed E-state index contributed by atoms with van der Waals surface area (Å²) in [5, 5.41) is 8.76. The number of imidazole rings is 1. The number of methoxy groups -OCH3 is 1. The zero-order chi connectivity index (χ0) is 17.0. The smallest absolute Gasteiger partial charge is 0.332 e. The van der Waals surface area contributed by atoms with E-state index in [0.29, 0.717) is 36.7 Å². The molecule has 8 nitrogen and oxygen atoms in total. The van der Waals surface area contributed by atoms with Crippen molar-refractivity contribution in [1.29, 1.82) is 5.26 Å². The summed E-state index contributed by atoms with van der Waals surface area (Å²) in [5.41, 5.74) is -0.00509. The van der Waals surface area contributed by atoms with Gasteiger partial charge in [0.2, 0.25) is 0 Å². The number of nitriles is 1. The molecule has 2 rings (SSSR count). The van der Waals surface area contributed by atoms with E-state index in [1.165, 1.54) is 4.57 Å². The van der Waals surface area contributed by atoms with Crippen molar-refractivity contribution in [3.8, 4) is 6.07 Å². The average Bonchev–Trinajstić information content (AvgIpc) is 2.86. The molecule has 0 aromatic carbocycles. The van der Waals surface area contributed by atoms with Gasteiger partial charge in [-0.2, -0.15) is 5.26 Å². The van der Waals surface area contributed by atoms with Gasteiger partial charge in [-0.15, -0.1) is 0 Å². The van der Waals surface area contributed by atoms with Crippen LogP contribution in [0.2, 0.25) is 0 Å². The van der Waals surface area contributed by atoms with Crippen molar-refractivity contribution in [3.63, 3.8) is 0 Å². The molecule has 0 amide bonds. The van der Waals surface area contributed by atoms with Gasteiger partial charge in [0.05, 0.1) is 19.1 Å². The Hall–Kier alpha value is -2.40. The van der Waals surface area contributed by atoms with E-state index >= 15 is 0 Å². The first kappa shape index (κ1) is 17.0. The minimum absolute atomic E-state index is 0.0856. The number of ether oxygens (including phenoxy) is 1. The summed E-state index contributed by atoms with van der Waals surface area (Å²) < 4.78 is 9.51. The topological polar surface area (TPSA) is 94.8 Å². The predicted molar refractivity (Wildman–Crippen MR) is 85.4 cm³/mol. The molecule has 0 saturated heterocycles. The third-order valence-electron chi connectivity index (χ3n) is 3.72. The van der Waals surface area contributed by atoms with Crippen LogP contribution in [0.1, 0.15) is 25.6 Å². The van der Waals surface area contributed by atoms with Crippen molar-refractivity contribution in [2.24, 2.45) is 0 Å². The third-order valence-corrected chi connectivity index (χ3v) is 3.72. The Balaban J connectivity index is 2.80. The zero-order valence-corrected chi connectivity index (χ0v) is 13.7. The van der Waals surface area contributed by atoms with Crippen molar-refractivity contribution >= 4 is 11.2 Å². The molecule has 0 bridgehead atoms. The molecule has 0 unspecified atom stereocenters. The van der Waals surface area contributed by atoms with E-state index in [4.69, 9.17) is 10.00 Å². The summed E-state index contributed by atoms with van der Waals surface area (Å²) in [7, 11) is 1.59. The van der Waals surface area contributed by atoms with Crippen molar-refractivity contribution in [2.75, 3.05) is 13.7 Å². The highest BCUT2D eigenvalue weighted by Gasteiger charge is 2.19. The van der Waals surface area contributed by atoms with Gasteiger partial charge in [0.1, 0.15) is 5.82 Å². The zero-order valence-electron chi connectivity index (χ0n) is 13.7. The second-order valence-corrected chi connectivity index (χ2v) is 5.27. The molecular weight excluding hydrogens is 298 g/mol. The van der Waals surface area contributed by atoms with Crippen LogP contribution in [0.25, 0.3) is 11.2 Å². The molecule has 2 aromatic heterocycles. The fraction of sp³-hybridized carbons (Fsp3) is 0.600. The Morgan fingerprint density at radius 1 is 1.17 bits per heavy atom. The van der Waals surface area contributed by atoms with Crippen LogP contribution in [0, 0.1) is 18.3 Å². The van der Waals surface area contributed by atoms with Gasteiger partial charge in [-0.3, -0.25) is 13.9 Å². The van der Waals surface area contributed by atoms with Crippen molar-refractivity contribution in [2.45, 2.75) is 46.3 Å². The summed E-state index contributed by atoms with van der Waals surface area (Å²) in [4.78, 5) is 29.7. The lowest BCUT2D eigenvalue weighted by Gasteiger charge is -2.11. The Bertz CT molecular complexity index is 853. The summed E-state index contributed by atoms with van der Waals surface area (Å²) in [6.45, 7) is 5.24. The Morgan fingerprint density at radius 2 is 1.91 bits per heavy atom. The minimum atomic E-state index is -0.406. The van der Waals surface area contributed by atoms with Gasteiger partial charge in [-0.25, -0.2) is 9.78 Å². The first-order chi connectivity index (χ1) is 11.1. The van der Waals surface area contributed by atoms with E-state index < -0.39 is 11.2 Å². The summed E-state index contributed by atoms with van der Waals surface area (Å²) >= 11 is 0. The molecule has 0 aliphatic heterocycles. The second-order valence-electron chi connectivity index (χ2n) is 5.27. The molecule has 23 heavy (non-hydrogen) atoms. The summed E-state index contributed by atoms with van der Waals surface area (Å²) in [6.07, 6.45) is 0.855. The Morgan fingerprint density at radius 3 is 2.52 bits per heavy atom. The number of nitrogens with zero attached hydrogens (tertiary/aromatic N) is 5. The average molecular weight is 319 g/mol. The highest BCUT2D eigenvalue weighted by molar-refractivity contribution is 5.71. The number of rotatable bonds is 7. The van der Waals surface area contributed by atoms with E-state index in [0.717, 1.165) is 11.0 Å². The molecule has 0 aliphatic rings. The second kappa shape index (κ2) is 7.24. The molecule has 0 N–H and O–H groups in total. The standard InChI is InChI=1S/C15H21N5O3/c1-4-7-19-13-12(18(9-10-23-3)11(2)17-13)14(21)20(15(19)22)8-5-6-16/h4-5,7-10H2,1-3H3. The highest BCUT2D eigenvalue weighted by atomic mass is 16.5. The van der Waals surface area contributed by atoms with Crippen molar-refractivity contribution in [1.82, 2.24) is 18.7 Å². The van der Waals surface area contributed by atoms with Gasteiger partial charge in [0.15, 0.2) is 11.2 Å². The molecule has 0 aliphatic carbocycles. The molecule has 2 heterocycles. The normalized spacial score (nSPS) is 11.0. The van der Waals surface area contributed by atoms with E-state index in [1.54, 1.807) is 18.6 Å². The Kier molecular flexibility index (Phi) is 5.34. The molecule has 2 aromatic rings. The van der Waals surface area contributed by atoms with E-state index in [1.807, 2.05) is 13.0 Å². The largest absolute Gasteiger partial charge is 0.383 e. The first-order valence-corrected chi connectivity index (χ1v) is 7.63. The van der Waals surface area contributed by atoms with Gasteiger partial charge in [0.25, 0.3) is 5.56 Å². The molecule has 0 spiro atoms. The molecular formula is C15H21N5O3. The van der Waals surface area contributed by atoms with Crippen LogP contribution in [0.5, 0.6) is 0 Å². The lowest BCUT2D eigenvalue weighted by atomic mass is 10.4. The van der Waals surface area contributed by atoms with Crippen molar-refractivity contribution < 1.29 is 4.74 Å². The molecule has 0 atom stereocenters. The van der Waals surface area contributed by atoms with Crippen LogP contribution < -0.4 is 11.2 Å². The molecule has 0 fully saturated rings. The van der Waals surface area contributed by atoms with Crippen LogP contribution in [0.4, 0.5) is 0 Å². The van der Waals surface area contributed by atoms with Gasteiger partial charge in [0, 0.05) is 26.7 Å². The summed E-state index contributed by atoms with van der Waals surface area (Å²) in [5.74, 6) is 0.663. The van der Waals surface area contributed by atoms with Crippen LogP contribution in [0.3, 0.4) is 0 Å². The van der Waals surface area contributed by atoms with E-state index in [2.05, 4.69) is 4.98 Å². The first-order valence-electron chi connectivity index (χ1n) is 7.63. The van der Waals surface area contributed by atoms with Crippen LogP contribution >= 0.6 is 0 Å². The minimum Gasteiger partial charge on any atom is -0.383 e. The molecule has 0 radical (unpaired) electrons. The van der Waals surface area contributed by atoms with E-state index in [9.17, 15) is 9.59 Å². The maximum Gasteiger partial charge on any atom is 0.332 e. The molecule has 0 saturated carbocycles. The van der Waals surface area contributed by atoms with Crippen molar-refractivity contribution in [3.05, 3.63) is 26.7 Å². The van der Waals surface area contributed by atoms with E-state index in [-0.39, 0.29) is 13.0 Å². The number of hydrogen-bond acceptors (Lipinski definition) is 5. The monoisotopic (exact) mass is 319 g/mol. The fourth-order valence-electron chi connectivity index (χ4n) is 2.64. The van der Waals surface area contributed by atoms with Gasteiger partial charge < -0.3 is 9.30 Å². The molecule has 124 valence electrons. The number of fused-ring (bicyclic) bond motifs is 1. The fourth-order valence-corrected chi connectivity index (χ4v) is 2.64. The highest BCUT2D eigenvalue weighted by Crippen LogP contribution is 2.11. The third kappa shape index (κ3) is 3.05. The maximum absolute atomic E-state index is 12.7.